The molecule has 1 heterocycles. The molecule has 1 nitrogen and oxygen atoms in total. The minimum atomic E-state index is 0.488. The normalized spacial score (nSPS) is 12.5. The Labute approximate surface area is 114 Å². The molecule has 0 unspecified atom stereocenters. The molecule has 1 N–H and O–H groups in total. The molecule has 0 aliphatic rings. The largest absolute Gasteiger partial charge is 0.309 e. The zero-order valence-corrected chi connectivity index (χ0v) is 11.7. The Morgan fingerprint density at radius 2 is 1.89 bits per heavy atom. The zero-order chi connectivity index (χ0) is 12.6. The average Bonchev–Trinajstić information content (AvgIpc) is 2.93. The fourth-order valence-corrected chi connectivity index (χ4v) is 2.81. The van der Waals surface area contributed by atoms with Crippen LogP contribution in [-0.2, 0) is 6.42 Å². The Morgan fingerprint density at radius 1 is 1.06 bits per heavy atom. The van der Waals surface area contributed by atoms with E-state index in [9.17, 15) is 0 Å². The van der Waals surface area contributed by atoms with Gasteiger partial charge in [0.25, 0.3) is 0 Å². The van der Waals surface area contributed by atoms with Crippen molar-refractivity contribution in [3.8, 4) is 0 Å². The minimum Gasteiger partial charge on any atom is -0.309 e. The second-order valence-electron chi connectivity index (χ2n) is 4.63. The van der Waals surface area contributed by atoms with Crippen LogP contribution < -0.4 is 5.32 Å². The number of hydrogen-bond acceptors (Lipinski definition) is 2. The van der Waals surface area contributed by atoms with Crippen molar-refractivity contribution < 1.29 is 0 Å². The van der Waals surface area contributed by atoms with Gasteiger partial charge in [0.05, 0.1) is 0 Å². The topological polar surface area (TPSA) is 12.0 Å². The van der Waals surface area contributed by atoms with E-state index in [4.69, 9.17) is 0 Å². The molecular formula is C16H21NS. The summed E-state index contributed by atoms with van der Waals surface area (Å²) >= 11 is 1.83. The molecular weight excluding hydrogens is 238 g/mol. The maximum atomic E-state index is 3.58. The summed E-state index contributed by atoms with van der Waals surface area (Å²) in [6, 6.07) is 15.5. The van der Waals surface area contributed by atoms with E-state index >= 15 is 0 Å². The lowest BCUT2D eigenvalue weighted by Gasteiger charge is -2.11. The van der Waals surface area contributed by atoms with Gasteiger partial charge in [-0.3, -0.25) is 0 Å². The molecule has 1 atom stereocenters. The highest BCUT2D eigenvalue weighted by Crippen LogP contribution is 2.17. The van der Waals surface area contributed by atoms with E-state index in [2.05, 4.69) is 60.1 Å². The number of unbranched alkanes of at least 4 members (excludes halogenated alkanes) is 1. The molecule has 2 heteroatoms. The molecule has 1 aromatic heterocycles. The summed E-state index contributed by atoms with van der Waals surface area (Å²) < 4.78 is 0. The van der Waals surface area contributed by atoms with Gasteiger partial charge in [0, 0.05) is 10.9 Å². The number of nitrogens with one attached hydrogen (secondary N) is 1. The first-order valence-electron chi connectivity index (χ1n) is 6.67. The first kappa shape index (κ1) is 13.3. The van der Waals surface area contributed by atoms with Crippen molar-refractivity contribution in [2.75, 3.05) is 6.54 Å². The van der Waals surface area contributed by atoms with Crippen LogP contribution in [-0.4, -0.2) is 6.54 Å². The minimum absolute atomic E-state index is 0.488. The van der Waals surface area contributed by atoms with Gasteiger partial charge in [0.15, 0.2) is 0 Å². The highest BCUT2D eigenvalue weighted by molar-refractivity contribution is 7.10. The summed E-state index contributed by atoms with van der Waals surface area (Å²) in [5.74, 6) is 0. The molecule has 0 saturated heterocycles. The van der Waals surface area contributed by atoms with Gasteiger partial charge in [0.1, 0.15) is 0 Å². The molecule has 2 rings (SSSR count). The van der Waals surface area contributed by atoms with E-state index in [1.807, 2.05) is 11.3 Å². The molecule has 0 saturated carbocycles. The van der Waals surface area contributed by atoms with Crippen LogP contribution >= 0.6 is 11.3 Å². The van der Waals surface area contributed by atoms with Crippen molar-refractivity contribution in [3.05, 3.63) is 58.3 Å². The van der Waals surface area contributed by atoms with Gasteiger partial charge in [-0.1, -0.05) is 36.4 Å². The maximum Gasteiger partial charge on any atom is 0.0386 e. The van der Waals surface area contributed by atoms with E-state index < -0.39 is 0 Å². The first-order valence-corrected chi connectivity index (χ1v) is 7.55. The molecule has 0 spiro atoms. The number of benzene rings is 1. The molecule has 18 heavy (non-hydrogen) atoms. The van der Waals surface area contributed by atoms with Crippen LogP contribution in [0.15, 0.2) is 47.8 Å². The van der Waals surface area contributed by atoms with Gasteiger partial charge < -0.3 is 5.32 Å². The third-order valence-corrected chi connectivity index (χ3v) is 4.21. The number of thiophene rings is 1. The maximum absolute atomic E-state index is 3.58. The van der Waals surface area contributed by atoms with E-state index in [-0.39, 0.29) is 0 Å². The Kier molecular flexibility index (Phi) is 5.43. The van der Waals surface area contributed by atoms with Crippen molar-refractivity contribution in [2.45, 2.75) is 32.2 Å². The van der Waals surface area contributed by atoms with E-state index in [1.54, 1.807) is 0 Å². The van der Waals surface area contributed by atoms with Crippen LogP contribution in [0.4, 0.5) is 0 Å². The predicted molar refractivity (Wildman–Crippen MR) is 80.1 cm³/mol. The van der Waals surface area contributed by atoms with Gasteiger partial charge in [-0.2, -0.15) is 0 Å². The monoisotopic (exact) mass is 259 g/mol. The number of aryl methyl sites for hydroxylation is 1. The van der Waals surface area contributed by atoms with E-state index in [1.165, 1.54) is 29.7 Å². The Hall–Kier alpha value is -1.12. The van der Waals surface area contributed by atoms with Crippen molar-refractivity contribution in [2.24, 2.45) is 0 Å². The lowest BCUT2D eigenvalue weighted by Crippen LogP contribution is -2.19. The fourth-order valence-electron chi connectivity index (χ4n) is 2.06. The Balaban J connectivity index is 1.59. The summed E-state index contributed by atoms with van der Waals surface area (Å²) in [6.45, 7) is 3.34. The summed E-state index contributed by atoms with van der Waals surface area (Å²) in [5, 5.41) is 5.72. The van der Waals surface area contributed by atoms with Gasteiger partial charge in [-0.15, -0.1) is 11.3 Å². The molecule has 0 radical (unpaired) electrons. The van der Waals surface area contributed by atoms with Crippen LogP contribution in [0.3, 0.4) is 0 Å². The Bertz CT molecular complexity index is 422. The quantitative estimate of drug-likeness (QED) is 0.726. The summed E-state index contributed by atoms with van der Waals surface area (Å²) in [4.78, 5) is 1.43. The van der Waals surface area contributed by atoms with Crippen molar-refractivity contribution in [1.29, 1.82) is 0 Å². The van der Waals surface area contributed by atoms with Crippen molar-refractivity contribution in [3.63, 3.8) is 0 Å². The third-order valence-electron chi connectivity index (χ3n) is 3.16. The van der Waals surface area contributed by atoms with Gasteiger partial charge >= 0.3 is 0 Å². The van der Waals surface area contributed by atoms with Crippen LogP contribution in [0.25, 0.3) is 0 Å². The van der Waals surface area contributed by atoms with Gasteiger partial charge in [-0.25, -0.2) is 0 Å². The highest BCUT2D eigenvalue weighted by atomic mass is 32.1. The molecule has 0 bridgehead atoms. The van der Waals surface area contributed by atoms with Crippen LogP contribution in [0.1, 0.15) is 36.2 Å². The predicted octanol–water partition coefficient (Wildman–Crippen LogP) is 4.42. The van der Waals surface area contributed by atoms with Crippen LogP contribution in [0, 0.1) is 0 Å². The summed E-state index contributed by atoms with van der Waals surface area (Å²) in [5.41, 5.74) is 1.45. The third kappa shape index (κ3) is 4.28. The van der Waals surface area contributed by atoms with Gasteiger partial charge in [-0.05, 0) is 49.7 Å². The smallest absolute Gasteiger partial charge is 0.0386 e. The molecule has 1 aromatic carbocycles. The van der Waals surface area contributed by atoms with Crippen molar-refractivity contribution >= 4 is 11.3 Å². The summed E-state index contributed by atoms with van der Waals surface area (Å²) in [6.07, 6.45) is 3.69. The Morgan fingerprint density at radius 3 is 2.61 bits per heavy atom. The molecule has 0 fully saturated rings. The molecule has 2 aromatic rings. The lowest BCUT2D eigenvalue weighted by molar-refractivity contribution is 0.552. The molecule has 0 amide bonds. The second kappa shape index (κ2) is 7.34. The fraction of sp³-hybridized carbons (Fsp3) is 0.375. The number of hydrogen-bond donors (Lipinski definition) is 1. The van der Waals surface area contributed by atoms with Gasteiger partial charge in [0.2, 0.25) is 0 Å². The highest BCUT2D eigenvalue weighted by Gasteiger charge is 2.04. The molecule has 0 aliphatic carbocycles. The zero-order valence-electron chi connectivity index (χ0n) is 10.9. The molecule has 0 aliphatic heterocycles. The lowest BCUT2D eigenvalue weighted by atomic mass is 10.1. The molecule has 96 valence electrons. The van der Waals surface area contributed by atoms with Crippen LogP contribution in [0.2, 0.25) is 0 Å². The number of rotatable bonds is 7. The second-order valence-corrected chi connectivity index (χ2v) is 5.61. The average molecular weight is 259 g/mol. The standard InChI is InChI=1S/C16H21NS/c1-14(16-11-7-13-18-16)17-12-6-5-10-15-8-3-2-4-9-15/h2-4,7-9,11,13-14,17H,5-6,10,12H2,1H3/t14-/m1/s1. The summed E-state index contributed by atoms with van der Waals surface area (Å²) in [7, 11) is 0. The van der Waals surface area contributed by atoms with Crippen LogP contribution in [0.5, 0.6) is 0 Å². The SMILES string of the molecule is C[C@@H](NCCCCc1ccccc1)c1cccs1. The van der Waals surface area contributed by atoms with Crippen molar-refractivity contribution in [1.82, 2.24) is 5.32 Å². The van der Waals surface area contributed by atoms with E-state index in [0.717, 1.165) is 6.54 Å². The first-order chi connectivity index (χ1) is 8.86. The van der Waals surface area contributed by atoms with E-state index in [0.29, 0.717) is 6.04 Å².